The molecule has 0 N–H and O–H groups in total. The molecule has 0 nitrogen and oxygen atoms in total. The molecule has 2 atom stereocenters. The first kappa shape index (κ1) is 11.5. The van der Waals surface area contributed by atoms with Gasteiger partial charge in [0.25, 0.3) is 0 Å². The molecule has 0 aromatic rings. The minimum absolute atomic E-state index is 0.741. The zero-order valence-corrected chi connectivity index (χ0v) is 10.5. The lowest BCUT2D eigenvalue weighted by molar-refractivity contribution is 0.707. The van der Waals surface area contributed by atoms with Crippen LogP contribution in [0, 0.1) is 13.8 Å². The largest absolute Gasteiger partial charge is 0.0815 e. The van der Waals surface area contributed by atoms with Crippen LogP contribution in [0.15, 0.2) is 0 Å². The molecule has 0 spiro atoms. The molecule has 0 aliphatic carbocycles. The summed E-state index contributed by atoms with van der Waals surface area (Å²) in [5, 5.41) is 0. The fourth-order valence-corrected chi connectivity index (χ4v) is 1.86. The molecule has 2 heteroatoms. The maximum absolute atomic E-state index is 3.89. The van der Waals surface area contributed by atoms with Crippen molar-refractivity contribution in [3.05, 3.63) is 13.8 Å². The molecule has 0 heterocycles. The number of hydrogen-bond donors (Lipinski definition) is 0. The van der Waals surface area contributed by atoms with Gasteiger partial charge < -0.3 is 0 Å². The van der Waals surface area contributed by atoms with E-state index in [4.69, 9.17) is 0 Å². The van der Waals surface area contributed by atoms with Gasteiger partial charge in [-0.2, -0.15) is 0 Å². The van der Waals surface area contributed by atoms with Crippen molar-refractivity contribution in [3.8, 4) is 0 Å². The third-order valence-corrected chi connectivity index (χ3v) is 5.76. The molecule has 0 aliphatic rings. The zero-order valence-electron chi connectivity index (χ0n) is 6.15. The third-order valence-electron chi connectivity index (χ3n) is 1.40. The molecule has 0 fully saturated rings. The average Bonchev–Trinajstić information content (AvgIpc) is 1.98. The Labute approximate surface area is 91.8 Å². The Bertz CT molecular complexity index is 73.7. The van der Waals surface area contributed by atoms with Crippen LogP contribution in [0.2, 0.25) is 0 Å². The van der Waals surface area contributed by atoms with Crippen molar-refractivity contribution in [2.24, 2.45) is 0 Å². The first-order chi connectivity index (χ1) is 4.72. The number of hydrogen-bond acceptors (Lipinski definition) is 0. The molecule has 0 aliphatic heterocycles. The van der Waals surface area contributed by atoms with E-state index in [1.54, 1.807) is 0 Å². The van der Waals surface area contributed by atoms with Crippen LogP contribution in [-0.4, -0.2) is 7.85 Å². The zero-order chi connectivity index (χ0) is 7.98. The van der Waals surface area contributed by atoms with Crippen LogP contribution in [0.1, 0.15) is 25.7 Å². The summed E-state index contributed by atoms with van der Waals surface area (Å²) in [5.41, 5.74) is 0. The molecule has 0 saturated heterocycles. The Balaban J connectivity index is 3.31. The molecule has 0 amide bonds. The van der Waals surface area contributed by atoms with E-state index in [0.717, 1.165) is 20.7 Å². The lowest BCUT2D eigenvalue weighted by atomic mass is 10.1. The van der Waals surface area contributed by atoms with Crippen molar-refractivity contribution in [3.63, 3.8) is 0 Å². The predicted octanol–water partition coefficient (Wildman–Crippen LogP) is 3.82. The Morgan fingerprint density at radius 2 is 1.70 bits per heavy atom. The van der Waals surface area contributed by atoms with Gasteiger partial charge >= 0.3 is 0 Å². The SMILES string of the molecule is [CH2]CCCC(I)C(I)C[CH2]. The van der Waals surface area contributed by atoms with Gasteiger partial charge in [0, 0.05) is 7.85 Å². The van der Waals surface area contributed by atoms with Crippen LogP contribution in [-0.2, 0) is 0 Å². The summed E-state index contributed by atoms with van der Waals surface area (Å²) < 4.78 is 1.53. The van der Waals surface area contributed by atoms with E-state index in [9.17, 15) is 0 Å². The van der Waals surface area contributed by atoms with Crippen molar-refractivity contribution in [2.75, 3.05) is 0 Å². The van der Waals surface area contributed by atoms with E-state index in [-0.39, 0.29) is 0 Å². The van der Waals surface area contributed by atoms with E-state index in [0.29, 0.717) is 0 Å². The molecule has 10 heavy (non-hydrogen) atoms. The normalized spacial score (nSPS) is 16.8. The van der Waals surface area contributed by atoms with Crippen molar-refractivity contribution >= 4 is 45.2 Å². The van der Waals surface area contributed by atoms with Gasteiger partial charge in [0.05, 0.1) is 0 Å². The van der Waals surface area contributed by atoms with Gasteiger partial charge in [-0.3, -0.25) is 0 Å². The van der Waals surface area contributed by atoms with Crippen molar-refractivity contribution in [1.82, 2.24) is 0 Å². The van der Waals surface area contributed by atoms with Crippen LogP contribution >= 0.6 is 45.2 Å². The Morgan fingerprint density at radius 3 is 2.10 bits per heavy atom. The van der Waals surface area contributed by atoms with E-state index < -0.39 is 0 Å². The Kier molecular flexibility index (Phi) is 8.17. The second kappa shape index (κ2) is 7.13. The minimum atomic E-state index is 0.741. The minimum Gasteiger partial charge on any atom is -0.0815 e. The molecule has 0 aromatic carbocycles. The molecule has 60 valence electrons. The molecule has 0 aromatic heterocycles. The summed E-state index contributed by atoms with van der Waals surface area (Å²) in [6.07, 6.45) is 4.67. The van der Waals surface area contributed by atoms with Crippen molar-refractivity contribution < 1.29 is 0 Å². The van der Waals surface area contributed by atoms with E-state index >= 15 is 0 Å². The van der Waals surface area contributed by atoms with Crippen LogP contribution in [0.25, 0.3) is 0 Å². The Hall–Kier alpha value is 1.46. The standard InChI is InChI=1S/C8H14I2/c1-3-5-6-8(10)7(9)4-2/h7-8H,1-6H2. The highest BCUT2D eigenvalue weighted by molar-refractivity contribution is 14.1. The number of rotatable bonds is 5. The van der Waals surface area contributed by atoms with Crippen molar-refractivity contribution in [1.29, 1.82) is 0 Å². The average molecular weight is 364 g/mol. The first-order valence-electron chi connectivity index (χ1n) is 3.59. The van der Waals surface area contributed by atoms with Gasteiger partial charge in [0.2, 0.25) is 0 Å². The van der Waals surface area contributed by atoms with E-state index in [1.807, 2.05) is 0 Å². The van der Waals surface area contributed by atoms with Gasteiger partial charge in [-0.25, -0.2) is 0 Å². The summed E-state index contributed by atoms with van der Waals surface area (Å²) >= 11 is 5.00. The molecular formula is C8H14I2. The highest BCUT2D eigenvalue weighted by Gasteiger charge is 2.11. The van der Waals surface area contributed by atoms with Gasteiger partial charge in [-0.05, 0) is 12.8 Å². The molecule has 2 unspecified atom stereocenters. The fraction of sp³-hybridized carbons (Fsp3) is 0.750. The molecule has 0 bridgehead atoms. The van der Waals surface area contributed by atoms with Crippen LogP contribution in [0.5, 0.6) is 0 Å². The predicted molar refractivity (Wildman–Crippen MR) is 64.8 cm³/mol. The fourth-order valence-electron chi connectivity index (χ4n) is 0.701. The Morgan fingerprint density at radius 1 is 1.10 bits per heavy atom. The van der Waals surface area contributed by atoms with Crippen LogP contribution < -0.4 is 0 Å². The smallest absolute Gasteiger partial charge is 0.0227 e. The second-order valence-electron chi connectivity index (χ2n) is 2.32. The highest BCUT2D eigenvalue weighted by Crippen LogP contribution is 2.22. The maximum atomic E-state index is 3.89. The van der Waals surface area contributed by atoms with Gasteiger partial charge in [0.15, 0.2) is 0 Å². The number of alkyl halides is 2. The highest BCUT2D eigenvalue weighted by atomic mass is 127. The summed E-state index contributed by atoms with van der Waals surface area (Å²) in [6, 6.07) is 0. The first-order valence-corrected chi connectivity index (χ1v) is 6.08. The summed E-state index contributed by atoms with van der Waals surface area (Å²) in [7, 11) is 0. The summed E-state index contributed by atoms with van der Waals surface area (Å²) in [4.78, 5) is 0. The van der Waals surface area contributed by atoms with E-state index in [1.165, 1.54) is 12.8 Å². The van der Waals surface area contributed by atoms with Gasteiger partial charge in [0.1, 0.15) is 0 Å². The maximum Gasteiger partial charge on any atom is 0.0227 e. The lowest BCUT2D eigenvalue weighted by Crippen LogP contribution is -2.11. The monoisotopic (exact) mass is 364 g/mol. The van der Waals surface area contributed by atoms with Gasteiger partial charge in [-0.1, -0.05) is 71.9 Å². The molecule has 0 rings (SSSR count). The van der Waals surface area contributed by atoms with Crippen molar-refractivity contribution in [2.45, 2.75) is 33.5 Å². The lowest BCUT2D eigenvalue weighted by Gasteiger charge is -2.13. The number of halogens is 2. The molecule has 2 radical (unpaired) electrons. The molecular weight excluding hydrogens is 350 g/mol. The van der Waals surface area contributed by atoms with E-state index in [2.05, 4.69) is 59.0 Å². The summed E-state index contributed by atoms with van der Waals surface area (Å²) in [5.74, 6) is 0. The van der Waals surface area contributed by atoms with Crippen LogP contribution in [0.4, 0.5) is 0 Å². The van der Waals surface area contributed by atoms with Crippen LogP contribution in [0.3, 0.4) is 0 Å². The topological polar surface area (TPSA) is 0 Å². The molecule has 0 saturated carbocycles. The number of unbranched alkanes of at least 4 members (excludes halogenated alkanes) is 1. The summed E-state index contributed by atoms with van der Waals surface area (Å²) in [6.45, 7) is 7.71. The van der Waals surface area contributed by atoms with Gasteiger partial charge in [-0.15, -0.1) is 0 Å². The quantitative estimate of drug-likeness (QED) is 0.514. The third kappa shape index (κ3) is 5.16. The second-order valence-corrected chi connectivity index (χ2v) is 5.52.